The standard InChI is InChI=1S/C16H26N4O3S.ClH/c1-10-7-14(19-23-10)18-16(22)12(3)24-9-15(21)20-6-4-5-13(8-20)11(2)17;/h7,11-13H,4-6,8-9,17H2,1-3H3,(H,18,19,22);1H. The Labute approximate surface area is 158 Å². The van der Waals surface area contributed by atoms with Crippen molar-refractivity contribution in [2.24, 2.45) is 11.7 Å². The van der Waals surface area contributed by atoms with E-state index in [2.05, 4.69) is 10.5 Å². The molecule has 0 spiro atoms. The third-order valence-corrected chi connectivity index (χ3v) is 5.39. The lowest BCUT2D eigenvalue weighted by atomic mass is 9.92. The predicted octanol–water partition coefficient (Wildman–Crippen LogP) is 2.05. The number of rotatable bonds is 6. The largest absolute Gasteiger partial charge is 0.360 e. The Bertz CT molecular complexity index is 581. The molecule has 0 aromatic carbocycles. The number of anilines is 1. The molecule has 7 nitrogen and oxygen atoms in total. The number of hydrogen-bond donors (Lipinski definition) is 2. The van der Waals surface area contributed by atoms with Crippen LogP contribution in [-0.2, 0) is 9.59 Å². The highest BCUT2D eigenvalue weighted by molar-refractivity contribution is 8.01. The van der Waals surface area contributed by atoms with Gasteiger partial charge in [0, 0.05) is 25.2 Å². The van der Waals surface area contributed by atoms with Gasteiger partial charge < -0.3 is 20.5 Å². The predicted molar refractivity (Wildman–Crippen MR) is 102 cm³/mol. The van der Waals surface area contributed by atoms with Crippen LogP contribution in [0.25, 0.3) is 0 Å². The van der Waals surface area contributed by atoms with Gasteiger partial charge in [-0.25, -0.2) is 0 Å². The van der Waals surface area contributed by atoms with Crippen molar-refractivity contribution in [3.63, 3.8) is 0 Å². The van der Waals surface area contributed by atoms with Crippen molar-refractivity contribution in [2.45, 2.75) is 44.9 Å². The Morgan fingerprint density at radius 1 is 1.52 bits per heavy atom. The van der Waals surface area contributed by atoms with E-state index in [1.807, 2.05) is 11.8 Å². The van der Waals surface area contributed by atoms with Crippen LogP contribution in [-0.4, -0.2) is 52.0 Å². The summed E-state index contributed by atoms with van der Waals surface area (Å²) in [4.78, 5) is 26.3. The SMILES string of the molecule is Cc1cc(NC(=O)C(C)SCC(=O)N2CCCC(C(C)N)C2)no1.Cl. The highest BCUT2D eigenvalue weighted by Crippen LogP contribution is 2.21. The molecule has 3 N–H and O–H groups in total. The van der Waals surface area contributed by atoms with Gasteiger partial charge in [0.2, 0.25) is 11.8 Å². The third-order valence-electron chi connectivity index (χ3n) is 4.26. The molecule has 1 aromatic heterocycles. The first-order valence-electron chi connectivity index (χ1n) is 8.26. The molecule has 2 rings (SSSR count). The molecule has 2 heterocycles. The average molecular weight is 391 g/mol. The van der Waals surface area contributed by atoms with Crippen molar-refractivity contribution in [2.75, 3.05) is 24.2 Å². The van der Waals surface area contributed by atoms with E-state index in [1.165, 1.54) is 11.8 Å². The number of carbonyl (C=O) groups is 2. The highest BCUT2D eigenvalue weighted by atomic mass is 35.5. The quantitative estimate of drug-likeness (QED) is 0.770. The van der Waals surface area contributed by atoms with Gasteiger partial charge in [-0.15, -0.1) is 24.2 Å². The van der Waals surface area contributed by atoms with Gasteiger partial charge in [0.05, 0.1) is 11.0 Å². The second-order valence-electron chi connectivity index (χ2n) is 6.37. The van der Waals surface area contributed by atoms with E-state index in [4.69, 9.17) is 10.3 Å². The normalized spacial score (nSPS) is 19.7. The van der Waals surface area contributed by atoms with Crippen LogP contribution in [0.4, 0.5) is 5.82 Å². The van der Waals surface area contributed by atoms with Gasteiger partial charge in [0.1, 0.15) is 5.76 Å². The summed E-state index contributed by atoms with van der Waals surface area (Å²) >= 11 is 1.33. The molecule has 3 atom stereocenters. The summed E-state index contributed by atoms with van der Waals surface area (Å²) in [6.07, 6.45) is 2.06. The summed E-state index contributed by atoms with van der Waals surface area (Å²) in [5.74, 6) is 1.57. The van der Waals surface area contributed by atoms with Gasteiger partial charge in [-0.3, -0.25) is 9.59 Å². The minimum absolute atomic E-state index is 0. The van der Waals surface area contributed by atoms with E-state index < -0.39 is 0 Å². The van der Waals surface area contributed by atoms with Crippen molar-refractivity contribution in [1.29, 1.82) is 0 Å². The van der Waals surface area contributed by atoms with Gasteiger partial charge in [0.25, 0.3) is 0 Å². The minimum atomic E-state index is -0.347. The van der Waals surface area contributed by atoms with Crippen molar-refractivity contribution >= 4 is 41.8 Å². The van der Waals surface area contributed by atoms with Crippen molar-refractivity contribution in [3.8, 4) is 0 Å². The Morgan fingerprint density at radius 3 is 2.84 bits per heavy atom. The maximum atomic E-state index is 12.4. The molecular formula is C16H27ClN4O3S. The molecule has 3 unspecified atom stereocenters. The Balaban J connectivity index is 0.00000312. The number of nitrogens with one attached hydrogen (secondary N) is 1. The van der Waals surface area contributed by atoms with E-state index in [9.17, 15) is 9.59 Å². The summed E-state index contributed by atoms with van der Waals surface area (Å²) in [5, 5.41) is 6.06. The topological polar surface area (TPSA) is 101 Å². The minimum Gasteiger partial charge on any atom is -0.360 e. The first-order chi connectivity index (χ1) is 11.4. The summed E-state index contributed by atoms with van der Waals surface area (Å²) < 4.78 is 4.91. The number of halogens is 1. The summed E-state index contributed by atoms with van der Waals surface area (Å²) in [7, 11) is 0. The highest BCUT2D eigenvalue weighted by Gasteiger charge is 2.26. The van der Waals surface area contributed by atoms with Gasteiger partial charge in [-0.2, -0.15) is 0 Å². The maximum absolute atomic E-state index is 12.4. The van der Waals surface area contributed by atoms with Crippen LogP contribution in [0.1, 0.15) is 32.4 Å². The maximum Gasteiger partial charge on any atom is 0.238 e. The number of aryl methyl sites for hydroxylation is 1. The number of piperidine rings is 1. The number of aromatic nitrogens is 1. The van der Waals surface area contributed by atoms with Gasteiger partial charge in [-0.1, -0.05) is 5.16 Å². The van der Waals surface area contributed by atoms with Crippen LogP contribution in [0.5, 0.6) is 0 Å². The van der Waals surface area contributed by atoms with Crippen molar-refractivity contribution in [3.05, 3.63) is 11.8 Å². The van der Waals surface area contributed by atoms with Crippen molar-refractivity contribution in [1.82, 2.24) is 10.1 Å². The van der Waals surface area contributed by atoms with E-state index in [-0.39, 0.29) is 41.3 Å². The fourth-order valence-corrected chi connectivity index (χ4v) is 3.47. The molecule has 2 amide bonds. The molecule has 142 valence electrons. The Morgan fingerprint density at radius 2 is 2.24 bits per heavy atom. The number of nitrogens with two attached hydrogens (primary N) is 1. The number of likely N-dealkylation sites (tertiary alicyclic amines) is 1. The molecule has 1 aromatic rings. The number of amides is 2. The smallest absolute Gasteiger partial charge is 0.238 e. The Kier molecular flexibility index (Phi) is 8.75. The lowest BCUT2D eigenvalue weighted by molar-refractivity contribution is -0.130. The molecule has 1 aliphatic heterocycles. The first-order valence-corrected chi connectivity index (χ1v) is 9.31. The van der Waals surface area contributed by atoms with Crippen LogP contribution < -0.4 is 11.1 Å². The average Bonchev–Trinajstić information content (AvgIpc) is 2.97. The summed E-state index contributed by atoms with van der Waals surface area (Å²) in [5.41, 5.74) is 5.96. The van der Waals surface area contributed by atoms with E-state index in [0.29, 0.717) is 17.5 Å². The molecule has 0 radical (unpaired) electrons. The van der Waals surface area contributed by atoms with Gasteiger partial charge in [0.15, 0.2) is 5.82 Å². The molecule has 0 saturated carbocycles. The van der Waals surface area contributed by atoms with Crippen molar-refractivity contribution < 1.29 is 14.1 Å². The molecule has 0 aliphatic carbocycles. The van der Waals surface area contributed by atoms with E-state index in [0.717, 1.165) is 25.9 Å². The molecule has 0 bridgehead atoms. The van der Waals surface area contributed by atoms with Crippen LogP contribution in [0.3, 0.4) is 0 Å². The lowest BCUT2D eigenvalue weighted by Gasteiger charge is -2.34. The number of thioether (sulfide) groups is 1. The fourth-order valence-electron chi connectivity index (χ4n) is 2.68. The van der Waals surface area contributed by atoms with Crippen LogP contribution >= 0.6 is 24.2 Å². The fraction of sp³-hybridized carbons (Fsp3) is 0.688. The monoisotopic (exact) mass is 390 g/mol. The first kappa shape index (κ1) is 21.8. The number of nitrogens with zero attached hydrogens (tertiary/aromatic N) is 2. The lowest BCUT2D eigenvalue weighted by Crippen LogP contribution is -2.45. The second-order valence-corrected chi connectivity index (χ2v) is 7.70. The molecule has 25 heavy (non-hydrogen) atoms. The molecule has 9 heteroatoms. The van der Waals surface area contributed by atoms with E-state index >= 15 is 0 Å². The van der Waals surface area contributed by atoms with E-state index in [1.54, 1.807) is 19.9 Å². The van der Waals surface area contributed by atoms with Gasteiger partial charge in [-0.05, 0) is 39.5 Å². The zero-order valence-corrected chi connectivity index (χ0v) is 16.5. The molecule has 1 saturated heterocycles. The zero-order valence-electron chi connectivity index (χ0n) is 14.9. The zero-order chi connectivity index (χ0) is 17.7. The summed E-state index contributed by atoms with van der Waals surface area (Å²) in [6, 6.07) is 1.76. The molecular weight excluding hydrogens is 364 g/mol. The summed E-state index contributed by atoms with van der Waals surface area (Å²) in [6.45, 7) is 7.03. The molecule has 1 fully saturated rings. The van der Waals surface area contributed by atoms with Crippen LogP contribution in [0, 0.1) is 12.8 Å². The number of carbonyl (C=O) groups excluding carboxylic acids is 2. The van der Waals surface area contributed by atoms with Crippen LogP contribution in [0.15, 0.2) is 10.6 Å². The third kappa shape index (κ3) is 6.52. The second kappa shape index (κ2) is 10.0. The molecule has 1 aliphatic rings. The number of hydrogen-bond acceptors (Lipinski definition) is 6. The Hall–Kier alpha value is -1.25. The van der Waals surface area contributed by atoms with Gasteiger partial charge >= 0.3 is 0 Å². The van der Waals surface area contributed by atoms with Crippen LogP contribution in [0.2, 0.25) is 0 Å².